The van der Waals surface area contributed by atoms with E-state index in [1.54, 1.807) is 6.07 Å². The van der Waals surface area contributed by atoms with Gasteiger partial charge in [-0.15, -0.1) is 0 Å². The Hall–Kier alpha value is -0.870. The van der Waals surface area contributed by atoms with Crippen molar-refractivity contribution in [2.24, 2.45) is 11.7 Å². The number of hydrogen-bond acceptors (Lipinski definition) is 3. The van der Waals surface area contributed by atoms with E-state index >= 15 is 0 Å². The fourth-order valence-electron chi connectivity index (χ4n) is 1.44. The number of carbonyl (C=O) groups excluding carboxylic acids is 1. The molecule has 2 rings (SSSR count). The standard InChI is InChI=1S/C12H14BrNO2/c13-12-9(10(15)6-14)2-1-3-11(12)16-7-8-4-5-8/h1-3,8H,4-7,14H2. The van der Waals surface area contributed by atoms with Gasteiger partial charge in [-0.2, -0.15) is 0 Å². The van der Waals surface area contributed by atoms with E-state index in [-0.39, 0.29) is 12.3 Å². The molecule has 0 heterocycles. The molecule has 0 radical (unpaired) electrons. The van der Waals surface area contributed by atoms with Crippen LogP contribution >= 0.6 is 15.9 Å². The largest absolute Gasteiger partial charge is 0.492 e. The molecule has 0 aromatic heterocycles. The molecule has 3 nitrogen and oxygen atoms in total. The van der Waals surface area contributed by atoms with Crippen LogP contribution in [0.15, 0.2) is 22.7 Å². The minimum atomic E-state index is -0.0799. The van der Waals surface area contributed by atoms with Crippen molar-refractivity contribution in [2.45, 2.75) is 12.8 Å². The maximum Gasteiger partial charge on any atom is 0.177 e. The SMILES string of the molecule is NCC(=O)c1cccc(OCC2CC2)c1Br. The lowest BCUT2D eigenvalue weighted by Crippen LogP contribution is -2.14. The highest BCUT2D eigenvalue weighted by atomic mass is 79.9. The lowest BCUT2D eigenvalue weighted by Gasteiger charge is -2.10. The quantitative estimate of drug-likeness (QED) is 0.845. The second-order valence-corrected chi connectivity index (χ2v) is 4.79. The van der Waals surface area contributed by atoms with E-state index in [9.17, 15) is 4.79 Å². The Morgan fingerprint density at radius 3 is 2.88 bits per heavy atom. The van der Waals surface area contributed by atoms with Crippen molar-refractivity contribution >= 4 is 21.7 Å². The Labute approximate surface area is 103 Å². The van der Waals surface area contributed by atoms with E-state index < -0.39 is 0 Å². The summed E-state index contributed by atoms with van der Waals surface area (Å²) in [7, 11) is 0. The van der Waals surface area contributed by atoms with Gasteiger partial charge in [0.2, 0.25) is 0 Å². The molecule has 1 aromatic rings. The van der Waals surface area contributed by atoms with Crippen molar-refractivity contribution < 1.29 is 9.53 Å². The highest BCUT2D eigenvalue weighted by Crippen LogP contribution is 2.33. The molecule has 0 saturated heterocycles. The number of ketones is 1. The normalized spacial score (nSPS) is 14.9. The summed E-state index contributed by atoms with van der Waals surface area (Å²) in [5.74, 6) is 1.34. The summed E-state index contributed by atoms with van der Waals surface area (Å²) in [5.41, 5.74) is 5.94. The van der Waals surface area contributed by atoms with Gasteiger partial charge in [0, 0.05) is 5.56 Å². The summed E-state index contributed by atoms with van der Waals surface area (Å²) < 4.78 is 6.37. The smallest absolute Gasteiger partial charge is 0.177 e. The first kappa shape index (κ1) is 11.6. The fourth-order valence-corrected chi connectivity index (χ4v) is 2.04. The van der Waals surface area contributed by atoms with Crippen molar-refractivity contribution in [3.63, 3.8) is 0 Å². The first-order valence-electron chi connectivity index (χ1n) is 5.37. The summed E-state index contributed by atoms with van der Waals surface area (Å²) in [6, 6.07) is 5.43. The van der Waals surface area contributed by atoms with E-state index in [4.69, 9.17) is 10.5 Å². The molecule has 1 fully saturated rings. The zero-order chi connectivity index (χ0) is 11.5. The van der Waals surface area contributed by atoms with Crippen LogP contribution in [0.2, 0.25) is 0 Å². The number of Topliss-reactive ketones (excluding diaryl/α,β-unsaturated/α-hetero) is 1. The molecular weight excluding hydrogens is 270 g/mol. The summed E-state index contributed by atoms with van der Waals surface area (Å²) in [5, 5.41) is 0. The Balaban J connectivity index is 2.14. The topological polar surface area (TPSA) is 52.3 Å². The molecule has 1 saturated carbocycles. The third-order valence-electron chi connectivity index (χ3n) is 2.62. The summed E-state index contributed by atoms with van der Waals surface area (Å²) in [6.45, 7) is 0.754. The van der Waals surface area contributed by atoms with Crippen molar-refractivity contribution in [3.8, 4) is 5.75 Å². The molecule has 1 aliphatic carbocycles. The third-order valence-corrected chi connectivity index (χ3v) is 3.44. The second kappa shape index (κ2) is 4.97. The molecule has 0 atom stereocenters. The van der Waals surface area contributed by atoms with Gasteiger partial charge in [-0.3, -0.25) is 4.79 Å². The predicted octanol–water partition coefficient (Wildman–Crippen LogP) is 2.38. The van der Waals surface area contributed by atoms with Gasteiger partial charge in [0.25, 0.3) is 0 Å². The number of nitrogens with two attached hydrogens (primary N) is 1. The van der Waals surface area contributed by atoms with Gasteiger partial charge in [0.05, 0.1) is 17.6 Å². The van der Waals surface area contributed by atoms with Crippen LogP contribution in [0.25, 0.3) is 0 Å². The minimum Gasteiger partial charge on any atom is -0.492 e. The van der Waals surface area contributed by atoms with E-state index in [1.165, 1.54) is 12.8 Å². The van der Waals surface area contributed by atoms with Gasteiger partial charge in [0.1, 0.15) is 5.75 Å². The molecule has 1 aliphatic rings. The number of halogens is 1. The average molecular weight is 284 g/mol. The fraction of sp³-hybridized carbons (Fsp3) is 0.417. The maximum atomic E-state index is 11.5. The molecule has 1 aromatic carbocycles. The average Bonchev–Trinajstić information content (AvgIpc) is 3.10. The first-order chi connectivity index (χ1) is 7.72. The highest BCUT2D eigenvalue weighted by Gasteiger charge is 2.22. The molecule has 16 heavy (non-hydrogen) atoms. The lowest BCUT2D eigenvalue weighted by atomic mass is 10.1. The molecule has 4 heteroatoms. The third kappa shape index (κ3) is 2.62. The number of carbonyl (C=O) groups is 1. The van der Waals surface area contributed by atoms with Gasteiger partial charge in [-0.25, -0.2) is 0 Å². The Kier molecular flexibility index (Phi) is 3.61. The van der Waals surface area contributed by atoms with Crippen LogP contribution in [0.3, 0.4) is 0 Å². The van der Waals surface area contributed by atoms with Crippen molar-refractivity contribution in [2.75, 3.05) is 13.2 Å². The predicted molar refractivity (Wildman–Crippen MR) is 65.7 cm³/mol. The van der Waals surface area contributed by atoms with Gasteiger partial charge in [-0.05, 0) is 46.8 Å². The summed E-state index contributed by atoms with van der Waals surface area (Å²) in [6.07, 6.45) is 2.50. The van der Waals surface area contributed by atoms with E-state index in [0.29, 0.717) is 16.0 Å². The van der Waals surface area contributed by atoms with Crippen molar-refractivity contribution in [1.29, 1.82) is 0 Å². The van der Waals surface area contributed by atoms with Crippen molar-refractivity contribution in [1.82, 2.24) is 0 Å². The van der Waals surface area contributed by atoms with Crippen LogP contribution in [0.1, 0.15) is 23.2 Å². The highest BCUT2D eigenvalue weighted by molar-refractivity contribution is 9.10. The molecular formula is C12H14BrNO2. The molecule has 0 aliphatic heterocycles. The number of ether oxygens (including phenoxy) is 1. The molecule has 0 spiro atoms. The van der Waals surface area contributed by atoms with Gasteiger partial charge >= 0.3 is 0 Å². The van der Waals surface area contributed by atoms with Crippen molar-refractivity contribution in [3.05, 3.63) is 28.2 Å². The zero-order valence-electron chi connectivity index (χ0n) is 8.91. The molecule has 2 N–H and O–H groups in total. The minimum absolute atomic E-state index is 0.0185. The van der Waals surface area contributed by atoms with Gasteiger partial charge in [-0.1, -0.05) is 6.07 Å². The van der Waals surface area contributed by atoms with Gasteiger partial charge in [0.15, 0.2) is 5.78 Å². The van der Waals surface area contributed by atoms with E-state index in [0.717, 1.165) is 12.4 Å². The number of benzene rings is 1. The zero-order valence-corrected chi connectivity index (χ0v) is 10.5. The summed E-state index contributed by atoms with van der Waals surface area (Å²) >= 11 is 3.39. The lowest BCUT2D eigenvalue weighted by molar-refractivity contribution is 0.1000. The Bertz CT molecular complexity index is 402. The second-order valence-electron chi connectivity index (χ2n) is 4.00. The van der Waals surface area contributed by atoms with E-state index in [2.05, 4.69) is 15.9 Å². The van der Waals surface area contributed by atoms with Crippen LogP contribution < -0.4 is 10.5 Å². The number of hydrogen-bond donors (Lipinski definition) is 1. The Morgan fingerprint density at radius 2 is 2.25 bits per heavy atom. The van der Waals surface area contributed by atoms with E-state index in [1.807, 2.05) is 12.1 Å². The van der Waals surface area contributed by atoms with Crippen LogP contribution in [0, 0.1) is 5.92 Å². The maximum absolute atomic E-state index is 11.5. The van der Waals surface area contributed by atoms with Crippen LogP contribution in [-0.4, -0.2) is 18.9 Å². The summed E-state index contributed by atoms with van der Waals surface area (Å²) in [4.78, 5) is 11.5. The Morgan fingerprint density at radius 1 is 1.50 bits per heavy atom. The molecule has 0 unspecified atom stereocenters. The molecule has 0 bridgehead atoms. The van der Waals surface area contributed by atoms with Crippen LogP contribution in [0.5, 0.6) is 5.75 Å². The van der Waals surface area contributed by atoms with Crippen LogP contribution in [0.4, 0.5) is 0 Å². The van der Waals surface area contributed by atoms with Gasteiger partial charge < -0.3 is 10.5 Å². The van der Waals surface area contributed by atoms with Crippen LogP contribution in [-0.2, 0) is 0 Å². The first-order valence-corrected chi connectivity index (χ1v) is 6.16. The molecule has 86 valence electrons. The molecule has 0 amide bonds. The monoisotopic (exact) mass is 283 g/mol. The number of rotatable bonds is 5.